The van der Waals surface area contributed by atoms with Crippen LogP contribution < -0.4 is 11.2 Å². The lowest BCUT2D eigenvalue weighted by molar-refractivity contribution is 0.546. The summed E-state index contributed by atoms with van der Waals surface area (Å²) in [5.74, 6) is 0. The van der Waals surface area contributed by atoms with Gasteiger partial charge in [0.2, 0.25) is 0 Å². The molecule has 3 aromatic carbocycles. The monoisotopic (exact) mass is 447 g/mol. The molecule has 4 aromatic rings. The van der Waals surface area contributed by atoms with Gasteiger partial charge < -0.3 is 0 Å². The van der Waals surface area contributed by atoms with Gasteiger partial charge in [0.25, 0.3) is 5.56 Å². The van der Waals surface area contributed by atoms with Crippen LogP contribution in [0.2, 0.25) is 0 Å². The van der Waals surface area contributed by atoms with Crippen LogP contribution in [0, 0.1) is 0 Å². The minimum absolute atomic E-state index is 0.191. The highest BCUT2D eigenvalue weighted by Crippen LogP contribution is 2.18. The summed E-state index contributed by atoms with van der Waals surface area (Å²) in [6.45, 7) is 0.479. The molecule has 1 heterocycles. The van der Waals surface area contributed by atoms with Crippen molar-refractivity contribution in [2.45, 2.75) is 13.1 Å². The summed E-state index contributed by atoms with van der Waals surface area (Å²) < 4.78 is 3.45. The summed E-state index contributed by atoms with van der Waals surface area (Å²) in [5, 5.41) is 4.43. The van der Waals surface area contributed by atoms with Crippen LogP contribution in [0.4, 0.5) is 0 Å². The van der Waals surface area contributed by atoms with Crippen LogP contribution in [0.25, 0.3) is 11.3 Å². The predicted octanol–water partition coefficient (Wildman–Crippen LogP) is 3.93. The summed E-state index contributed by atoms with van der Waals surface area (Å²) >= 11 is 3.44. The molecule has 4 rings (SSSR count). The van der Waals surface area contributed by atoms with Gasteiger partial charge in [-0.2, -0.15) is 5.10 Å². The molecular formula is C23H18BrN3O2. The number of rotatable bonds is 5. The minimum Gasteiger partial charge on any atom is -0.267 e. The number of nitrogens with zero attached hydrogens (tertiary/aromatic N) is 3. The van der Waals surface area contributed by atoms with Gasteiger partial charge >= 0.3 is 5.69 Å². The highest BCUT2D eigenvalue weighted by molar-refractivity contribution is 9.10. The average Bonchev–Trinajstić information content (AvgIpc) is 2.74. The van der Waals surface area contributed by atoms with Crippen LogP contribution in [0.15, 0.2) is 99.0 Å². The lowest BCUT2D eigenvalue weighted by Gasteiger charge is -2.13. The Labute approximate surface area is 176 Å². The molecule has 0 aliphatic rings. The number of hydrogen-bond donors (Lipinski definition) is 0. The zero-order valence-electron chi connectivity index (χ0n) is 15.5. The average molecular weight is 448 g/mol. The van der Waals surface area contributed by atoms with Crippen molar-refractivity contribution in [3.8, 4) is 11.3 Å². The molecule has 0 aliphatic carbocycles. The molecule has 0 aliphatic heterocycles. The first-order valence-electron chi connectivity index (χ1n) is 9.17. The van der Waals surface area contributed by atoms with Crippen LogP contribution >= 0.6 is 15.9 Å². The summed E-state index contributed by atoms with van der Waals surface area (Å²) in [6, 6.07) is 26.4. The van der Waals surface area contributed by atoms with Gasteiger partial charge in [-0.15, -0.1) is 0 Å². The van der Waals surface area contributed by atoms with E-state index in [0.29, 0.717) is 5.56 Å². The van der Waals surface area contributed by atoms with Gasteiger partial charge in [-0.3, -0.25) is 9.36 Å². The molecule has 0 fully saturated rings. The van der Waals surface area contributed by atoms with Gasteiger partial charge in [-0.1, -0.05) is 88.7 Å². The maximum Gasteiger partial charge on any atom is 0.348 e. The molecule has 0 saturated carbocycles. The first-order chi connectivity index (χ1) is 14.1. The van der Waals surface area contributed by atoms with E-state index in [2.05, 4.69) is 21.0 Å². The Morgan fingerprint density at radius 1 is 0.759 bits per heavy atom. The van der Waals surface area contributed by atoms with Crippen molar-refractivity contribution in [2.24, 2.45) is 0 Å². The van der Waals surface area contributed by atoms with Crippen LogP contribution in [0.5, 0.6) is 0 Å². The van der Waals surface area contributed by atoms with Crippen LogP contribution in [0.1, 0.15) is 11.1 Å². The van der Waals surface area contributed by atoms with E-state index in [0.717, 1.165) is 15.6 Å². The predicted molar refractivity (Wildman–Crippen MR) is 117 cm³/mol. The highest BCUT2D eigenvalue weighted by Gasteiger charge is 2.16. The van der Waals surface area contributed by atoms with Gasteiger partial charge in [0.15, 0.2) is 5.69 Å². The third-order valence-corrected chi connectivity index (χ3v) is 5.07. The molecule has 0 saturated heterocycles. The van der Waals surface area contributed by atoms with E-state index < -0.39 is 11.2 Å². The first kappa shape index (κ1) is 19.1. The third kappa shape index (κ3) is 4.27. The molecule has 5 nitrogen and oxygen atoms in total. The molecule has 0 radical (unpaired) electrons. The molecule has 0 unspecified atom stereocenters. The van der Waals surface area contributed by atoms with E-state index in [1.165, 1.54) is 9.25 Å². The van der Waals surface area contributed by atoms with Gasteiger partial charge in [0, 0.05) is 10.0 Å². The van der Waals surface area contributed by atoms with Crippen molar-refractivity contribution in [2.75, 3.05) is 0 Å². The summed E-state index contributed by atoms with van der Waals surface area (Å²) in [6.07, 6.45) is 0. The van der Waals surface area contributed by atoms with Gasteiger partial charge in [-0.25, -0.2) is 9.48 Å². The number of hydrogen-bond acceptors (Lipinski definition) is 3. The fraction of sp³-hybridized carbons (Fsp3) is 0.0870. The molecule has 0 N–H and O–H groups in total. The van der Waals surface area contributed by atoms with E-state index in [4.69, 9.17) is 0 Å². The zero-order chi connectivity index (χ0) is 20.2. The Balaban J connectivity index is 1.89. The summed E-state index contributed by atoms with van der Waals surface area (Å²) in [4.78, 5) is 26.3. The molecule has 29 heavy (non-hydrogen) atoms. The van der Waals surface area contributed by atoms with Crippen molar-refractivity contribution in [1.82, 2.24) is 14.3 Å². The van der Waals surface area contributed by atoms with E-state index in [9.17, 15) is 9.59 Å². The maximum atomic E-state index is 13.2. The van der Waals surface area contributed by atoms with Crippen molar-refractivity contribution in [3.05, 3.63) is 121 Å². The molecule has 1 aromatic heterocycles. The van der Waals surface area contributed by atoms with Crippen molar-refractivity contribution in [1.29, 1.82) is 0 Å². The molecule has 0 spiro atoms. The molecule has 6 heteroatoms. The summed E-state index contributed by atoms with van der Waals surface area (Å²) in [7, 11) is 0. The Morgan fingerprint density at radius 3 is 2.00 bits per heavy atom. The lowest BCUT2D eigenvalue weighted by atomic mass is 10.1. The SMILES string of the molecule is O=c1c(-c2cccc(Br)c2)nn(Cc2ccccc2)c(=O)n1Cc1ccccc1. The molecule has 0 atom stereocenters. The minimum atomic E-state index is -0.429. The second-order valence-corrected chi connectivity index (χ2v) is 7.58. The van der Waals surface area contributed by atoms with E-state index in [1.807, 2.05) is 84.9 Å². The van der Waals surface area contributed by atoms with Gasteiger partial charge in [-0.05, 0) is 23.3 Å². The Kier molecular flexibility index (Phi) is 5.53. The topological polar surface area (TPSA) is 56.9 Å². The number of halogens is 1. The van der Waals surface area contributed by atoms with Crippen molar-refractivity contribution >= 4 is 15.9 Å². The third-order valence-electron chi connectivity index (χ3n) is 4.58. The van der Waals surface area contributed by atoms with Gasteiger partial charge in [0.05, 0.1) is 13.1 Å². The van der Waals surface area contributed by atoms with Crippen LogP contribution in [-0.2, 0) is 13.1 Å². The maximum absolute atomic E-state index is 13.2. The molecular weight excluding hydrogens is 430 g/mol. The Bertz CT molecular complexity index is 1250. The number of benzene rings is 3. The quantitative estimate of drug-likeness (QED) is 0.465. The Morgan fingerprint density at radius 2 is 1.38 bits per heavy atom. The lowest BCUT2D eigenvalue weighted by Crippen LogP contribution is -2.42. The highest BCUT2D eigenvalue weighted by atomic mass is 79.9. The van der Waals surface area contributed by atoms with E-state index >= 15 is 0 Å². The normalized spacial score (nSPS) is 10.8. The van der Waals surface area contributed by atoms with Crippen LogP contribution in [0.3, 0.4) is 0 Å². The second kappa shape index (κ2) is 8.41. The summed E-state index contributed by atoms with van der Waals surface area (Å²) in [5.41, 5.74) is 1.89. The van der Waals surface area contributed by atoms with E-state index in [-0.39, 0.29) is 18.8 Å². The number of aromatic nitrogens is 3. The van der Waals surface area contributed by atoms with Crippen LogP contribution in [-0.4, -0.2) is 14.3 Å². The fourth-order valence-corrected chi connectivity index (χ4v) is 3.54. The smallest absolute Gasteiger partial charge is 0.267 e. The fourth-order valence-electron chi connectivity index (χ4n) is 3.14. The van der Waals surface area contributed by atoms with Crippen molar-refractivity contribution in [3.63, 3.8) is 0 Å². The first-order valence-corrected chi connectivity index (χ1v) is 9.97. The molecule has 0 amide bonds. The van der Waals surface area contributed by atoms with Gasteiger partial charge in [0.1, 0.15) is 0 Å². The van der Waals surface area contributed by atoms with Crippen molar-refractivity contribution < 1.29 is 0 Å². The second-order valence-electron chi connectivity index (χ2n) is 6.66. The standard InChI is InChI=1S/C23H18BrN3O2/c24-20-13-7-12-19(14-20)21-22(28)26(15-17-8-3-1-4-9-17)23(29)27(25-21)16-18-10-5-2-6-11-18/h1-14H,15-16H2. The Hall–Kier alpha value is -3.25. The molecule has 0 bridgehead atoms. The largest absolute Gasteiger partial charge is 0.348 e. The zero-order valence-corrected chi connectivity index (χ0v) is 17.1. The molecule has 144 valence electrons. The van der Waals surface area contributed by atoms with E-state index in [1.54, 1.807) is 0 Å².